The van der Waals surface area contributed by atoms with Crippen molar-refractivity contribution < 1.29 is 8.42 Å². The fraction of sp³-hybridized carbons (Fsp3) is 0.125. The van der Waals surface area contributed by atoms with Gasteiger partial charge in [0.25, 0.3) is 0 Å². The summed E-state index contributed by atoms with van der Waals surface area (Å²) in [5.74, 6) is 0.219. The molecule has 0 saturated carbocycles. The smallest absolute Gasteiger partial charge is 0.198 e. The number of aromatic amines is 1. The fourth-order valence-electron chi connectivity index (χ4n) is 1.32. The zero-order valence-electron chi connectivity index (χ0n) is 7.48. The van der Waals surface area contributed by atoms with Crippen molar-refractivity contribution in [3.05, 3.63) is 18.2 Å². The topological polar surface area (TPSA) is 88.8 Å². The number of benzene rings is 1. The van der Waals surface area contributed by atoms with Crippen LogP contribution in [-0.2, 0) is 9.84 Å². The van der Waals surface area contributed by atoms with Crippen molar-refractivity contribution in [1.29, 1.82) is 0 Å². The van der Waals surface area contributed by atoms with Gasteiger partial charge in [0.05, 0.1) is 10.4 Å². The number of anilines is 1. The first-order chi connectivity index (χ1) is 6.48. The van der Waals surface area contributed by atoms with Gasteiger partial charge in [0.2, 0.25) is 0 Å². The van der Waals surface area contributed by atoms with Crippen molar-refractivity contribution >= 4 is 26.8 Å². The predicted molar refractivity (Wildman–Crippen MR) is 53.6 cm³/mol. The number of nitrogens with zero attached hydrogens (tertiary/aromatic N) is 1. The van der Waals surface area contributed by atoms with E-state index in [0.717, 1.165) is 6.26 Å². The van der Waals surface area contributed by atoms with E-state index in [4.69, 9.17) is 5.73 Å². The molecule has 0 unspecified atom stereocenters. The number of nitrogens with two attached hydrogens (primary N) is 1. The lowest BCUT2D eigenvalue weighted by atomic mass is 10.3. The molecule has 0 radical (unpaired) electrons. The van der Waals surface area contributed by atoms with Crippen LogP contribution in [0.3, 0.4) is 0 Å². The summed E-state index contributed by atoms with van der Waals surface area (Å²) in [7, 11) is -3.25. The third-order valence-electron chi connectivity index (χ3n) is 1.89. The molecule has 74 valence electrons. The minimum atomic E-state index is -3.25. The zero-order valence-corrected chi connectivity index (χ0v) is 8.30. The molecule has 2 aromatic rings. The number of rotatable bonds is 1. The molecule has 1 heterocycles. The average molecular weight is 211 g/mol. The van der Waals surface area contributed by atoms with Crippen LogP contribution in [0.5, 0.6) is 0 Å². The Kier molecular flexibility index (Phi) is 1.75. The molecule has 6 heteroatoms. The lowest BCUT2D eigenvalue weighted by Gasteiger charge is -1.97. The first-order valence-electron chi connectivity index (χ1n) is 3.93. The molecule has 0 aliphatic rings. The third-order valence-corrected chi connectivity index (χ3v) is 3.02. The van der Waals surface area contributed by atoms with Crippen LogP contribution in [0.1, 0.15) is 0 Å². The first kappa shape index (κ1) is 9.01. The van der Waals surface area contributed by atoms with Crippen molar-refractivity contribution in [3.63, 3.8) is 0 Å². The summed E-state index contributed by atoms with van der Waals surface area (Å²) >= 11 is 0. The van der Waals surface area contributed by atoms with Crippen LogP contribution in [0.15, 0.2) is 23.1 Å². The van der Waals surface area contributed by atoms with E-state index < -0.39 is 9.84 Å². The molecule has 0 amide bonds. The van der Waals surface area contributed by atoms with Gasteiger partial charge in [0.15, 0.2) is 15.8 Å². The highest BCUT2D eigenvalue weighted by molar-refractivity contribution is 7.91. The molecule has 0 aliphatic heterocycles. The molecule has 1 aromatic carbocycles. The van der Waals surface area contributed by atoms with E-state index >= 15 is 0 Å². The standard InChI is InChI=1S/C8H9N3O2S/c1-14(12,13)6-4-2-3-5-7(6)11-8(9)10-5/h2-4H,1H3,(H3,9,10,11). The second kappa shape index (κ2) is 2.71. The van der Waals surface area contributed by atoms with Crippen molar-refractivity contribution in [2.75, 3.05) is 12.0 Å². The number of nitrogens with one attached hydrogen (secondary N) is 1. The number of H-pyrrole nitrogens is 1. The van der Waals surface area contributed by atoms with Gasteiger partial charge in [-0.1, -0.05) is 6.07 Å². The molecule has 0 aliphatic carbocycles. The van der Waals surface area contributed by atoms with E-state index in [0.29, 0.717) is 11.0 Å². The summed E-state index contributed by atoms with van der Waals surface area (Å²) in [5.41, 5.74) is 6.47. The molecule has 0 bridgehead atoms. The molecule has 0 spiro atoms. The van der Waals surface area contributed by atoms with Crippen LogP contribution in [0, 0.1) is 0 Å². The number of aromatic nitrogens is 2. The maximum atomic E-state index is 11.4. The van der Waals surface area contributed by atoms with Gasteiger partial charge in [-0.25, -0.2) is 13.4 Å². The van der Waals surface area contributed by atoms with Gasteiger partial charge in [0.1, 0.15) is 5.52 Å². The summed E-state index contributed by atoms with van der Waals surface area (Å²) in [4.78, 5) is 6.89. The number of sulfone groups is 1. The second-order valence-electron chi connectivity index (χ2n) is 3.05. The minimum absolute atomic E-state index is 0.197. The third kappa shape index (κ3) is 1.33. The summed E-state index contributed by atoms with van der Waals surface area (Å²) in [6.45, 7) is 0. The molecule has 0 fully saturated rings. The van der Waals surface area contributed by atoms with Gasteiger partial charge >= 0.3 is 0 Å². The molecular weight excluding hydrogens is 202 g/mol. The largest absolute Gasteiger partial charge is 0.369 e. The number of imidazole rings is 1. The minimum Gasteiger partial charge on any atom is -0.369 e. The summed E-state index contributed by atoms with van der Waals surface area (Å²) < 4.78 is 22.7. The van der Waals surface area contributed by atoms with E-state index in [-0.39, 0.29) is 10.8 Å². The molecule has 0 atom stereocenters. The average Bonchev–Trinajstić information content (AvgIpc) is 2.41. The second-order valence-corrected chi connectivity index (χ2v) is 5.03. The molecule has 14 heavy (non-hydrogen) atoms. The fourth-order valence-corrected chi connectivity index (χ4v) is 2.16. The monoisotopic (exact) mass is 211 g/mol. The lowest BCUT2D eigenvalue weighted by Crippen LogP contribution is -1.97. The number of nitrogen functional groups attached to an aromatic ring is 1. The summed E-state index contributed by atoms with van der Waals surface area (Å²) in [6, 6.07) is 4.89. The Morgan fingerprint density at radius 2 is 2.14 bits per heavy atom. The molecule has 2 rings (SSSR count). The van der Waals surface area contributed by atoms with Crippen molar-refractivity contribution in [2.24, 2.45) is 0 Å². The number of para-hydroxylation sites is 1. The van der Waals surface area contributed by atoms with Crippen LogP contribution >= 0.6 is 0 Å². The Morgan fingerprint density at radius 1 is 1.43 bits per heavy atom. The van der Waals surface area contributed by atoms with Gasteiger partial charge in [-0.15, -0.1) is 0 Å². The number of fused-ring (bicyclic) bond motifs is 1. The van der Waals surface area contributed by atoms with Gasteiger partial charge in [-0.05, 0) is 12.1 Å². The van der Waals surface area contributed by atoms with Gasteiger partial charge in [-0.2, -0.15) is 0 Å². The molecule has 5 nitrogen and oxygen atoms in total. The van der Waals surface area contributed by atoms with E-state index in [2.05, 4.69) is 9.97 Å². The van der Waals surface area contributed by atoms with Gasteiger partial charge < -0.3 is 10.7 Å². The maximum Gasteiger partial charge on any atom is 0.198 e. The quantitative estimate of drug-likeness (QED) is 0.720. The van der Waals surface area contributed by atoms with Gasteiger partial charge in [-0.3, -0.25) is 0 Å². The van der Waals surface area contributed by atoms with Gasteiger partial charge in [0, 0.05) is 6.26 Å². The van der Waals surface area contributed by atoms with Crippen LogP contribution in [-0.4, -0.2) is 24.6 Å². The maximum absolute atomic E-state index is 11.4. The molecular formula is C8H9N3O2S. The van der Waals surface area contributed by atoms with Crippen molar-refractivity contribution in [2.45, 2.75) is 4.90 Å². The van der Waals surface area contributed by atoms with Crippen molar-refractivity contribution in [3.8, 4) is 0 Å². The Morgan fingerprint density at radius 3 is 2.79 bits per heavy atom. The van der Waals surface area contributed by atoms with Crippen LogP contribution in [0.4, 0.5) is 5.95 Å². The van der Waals surface area contributed by atoms with Crippen LogP contribution in [0.25, 0.3) is 11.0 Å². The highest BCUT2D eigenvalue weighted by atomic mass is 32.2. The molecule has 3 N–H and O–H groups in total. The molecule has 0 saturated heterocycles. The van der Waals surface area contributed by atoms with Crippen LogP contribution < -0.4 is 5.73 Å². The summed E-state index contributed by atoms with van der Waals surface area (Å²) in [5, 5.41) is 0. The predicted octanol–water partition coefficient (Wildman–Crippen LogP) is 0.549. The zero-order chi connectivity index (χ0) is 10.3. The Hall–Kier alpha value is -1.56. The number of hydrogen-bond acceptors (Lipinski definition) is 4. The highest BCUT2D eigenvalue weighted by Crippen LogP contribution is 2.21. The Labute approximate surface area is 80.9 Å². The van der Waals surface area contributed by atoms with E-state index in [1.54, 1.807) is 12.1 Å². The Balaban J connectivity index is 2.90. The highest BCUT2D eigenvalue weighted by Gasteiger charge is 2.13. The Bertz CT molecular complexity index is 586. The first-order valence-corrected chi connectivity index (χ1v) is 5.82. The van der Waals surface area contributed by atoms with E-state index in [9.17, 15) is 8.42 Å². The lowest BCUT2D eigenvalue weighted by molar-refractivity contribution is 0.602. The number of hydrogen-bond donors (Lipinski definition) is 2. The van der Waals surface area contributed by atoms with E-state index in [1.165, 1.54) is 6.07 Å². The van der Waals surface area contributed by atoms with Crippen LogP contribution in [0.2, 0.25) is 0 Å². The summed E-state index contributed by atoms with van der Waals surface area (Å²) in [6.07, 6.45) is 1.15. The molecule has 1 aromatic heterocycles. The SMILES string of the molecule is CS(=O)(=O)c1cccc2[nH]c(N)nc12. The normalized spacial score (nSPS) is 12.1. The van der Waals surface area contributed by atoms with Crippen molar-refractivity contribution in [1.82, 2.24) is 9.97 Å². The van der Waals surface area contributed by atoms with E-state index in [1.807, 2.05) is 0 Å².